The molecule has 0 amide bonds. The molecular weight excluding hydrogens is 349 g/mol. The number of aromatic hydroxyl groups is 1. The van der Waals surface area contributed by atoms with Crippen LogP contribution in [0.2, 0.25) is 0 Å². The van der Waals surface area contributed by atoms with Crippen molar-refractivity contribution < 1.29 is 18.3 Å². The molecule has 0 aliphatic rings. The number of benzene rings is 4. The van der Waals surface area contributed by atoms with E-state index in [-0.39, 0.29) is 5.75 Å². The zero-order valence-electron chi connectivity index (χ0n) is 14.4. The predicted octanol–water partition coefficient (Wildman–Crippen LogP) is 6.50. The number of alkyl halides is 3. The molecule has 0 aliphatic carbocycles. The zero-order valence-corrected chi connectivity index (χ0v) is 14.4. The van der Waals surface area contributed by atoms with Crippen LogP contribution in [0.15, 0.2) is 72.8 Å². The zero-order chi connectivity index (χ0) is 19.0. The Labute approximate surface area is 154 Å². The maximum atomic E-state index is 12.6. The number of aryl methyl sites for hydroxylation is 2. The van der Waals surface area contributed by atoms with Crippen molar-refractivity contribution in [3.63, 3.8) is 0 Å². The molecule has 0 saturated carbocycles. The fourth-order valence-electron chi connectivity index (χ4n) is 3.36. The number of rotatable bonds is 3. The minimum atomic E-state index is -4.30. The fraction of sp³-hybridized carbons (Fsp3) is 0.130. The van der Waals surface area contributed by atoms with Crippen LogP contribution in [0.5, 0.6) is 5.75 Å². The molecule has 136 valence electrons. The summed E-state index contributed by atoms with van der Waals surface area (Å²) < 4.78 is 37.9. The highest BCUT2D eigenvalue weighted by Crippen LogP contribution is 2.31. The van der Waals surface area contributed by atoms with E-state index in [1.54, 1.807) is 6.07 Å². The lowest BCUT2D eigenvalue weighted by Crippen LogP contribution is -2.04. The third-order valence-electron chi connectivity index (χ3n) is 4.86. The van der Waals surface area contributed by atoms with Gasteiger partial charge in [-0.05, 0) is 70.5 Å². The first kappa shape index (κ1) is 17.4. The average Bonchev–Trinajstić information content (AvgIpc) is 2.65. The van der Waals surface area contributed by atoms with E-state index in [9.17, 15) is 18.3 Å². The van der Waals surface area contributed by atoms with E-state index in [1.165, 1.54) is 12.1 Å². The van der Waals surface area contributed by atoms with Crippen LogP contribution in [-0.2, 0) is 19.0 Å². The summed E-state index contributed by atoms with van der Waals surface area (Å²) in [6.07, 6.45) is -2.90. The van der Waals surface area contributed by atoms with Crippen molar-refractivity contribution in [3.8, 4) is 5.75 Å². The second-order valence-corrected chi connectivity index (χ2v) is 6.73. The van der Waals surface area contributed by atoms with Gasteiger partial charge in [0.2, 0.25) is 0 Å². The number of fused-ring (bicyclic) bond motifs is 2. The molecule has 27 heavy (non-hydrogen) atoms. The number of phenolic OH excluding ortho intramolecular Hbond substituents is 1. The lowest BCUT2D eigenvalue weighted by Gasteiger charge is -2.09. The maximum absolute atomic E-state index is 12.6. The Kier molecular flexibility index (Phi) is 4.27. The van der Waals surface area contributed by atoms with Crippen LogP contribution in [0.4, 0.5) is 13.2 Å². The van der Waals surface area contributed by atoms with Gasteiger partial charge in [-0.1, -0.05) is 42.5 Å². The second kappa shape index (κ2) is 6.62. The highest BCUT2D eigenvalue weighted by molar-refractivity contribution is 6.00. The molecule has 4 aromatic carbocycles. The van der Waals surface area contributed by atoms with Gasteiger partial charge < -0.3 is 5.11 Å². The van der Waals surface area contributed by atoms with Gasteiger partial charge in [-0.3, -0.25) is 0 Å². The van der Waals surface area contributed by atoms with Gasteiger partial charge in [0.1, 0.15) is 5.75 Å². The van der Waals surface area contributed by atoms with Gasteiger partial charge >= 0.3 is 6.18 Å². The summed E-state index contributed by atoms with van der Waals surface area (Å²) in [5.41, 5.74) is 1.36. The fourth-order valence-corrected chi connectivity index (χ4v) is 3.36. The van der Waals surface area contributed by atoms with Crippen molar-refractivity contribution in [2.45, 2.75) is 19.0 Å². The van der Waals surface area contributed by atoms with Crippen molar-refractivity contribution >= 4 is 21.5 Å². The van der Waals surface area contributed by atoms with Crippen LogP contribution in [0, 0.1) is 0 Å². The summed E-state index contributed by atoms with van der Waals surface area (Å²) in [5, 5.41) is 14.0. The summed E-state index contributed by atoms with van der Waals surface area (Å²) in [6.45, 7) is 0. The van der Waals surface area contributed by atoms with Crippen LogP contribution in [0.25, 0.3) is 21.5 Å². The van der Waals surface area contributed by atoms with Crippen LogP contribution in [-0.4, -0.2) is 5.11 Å². The molecule has 1 N–H and O–H groups in total. The van der Waals surface area contributed by atoms with Crippen molar-refractivity contribution in [2.75, 3.05) is 0 Å². The van der Waals surface area contributed by atoms with Crippen molar-refractivity contribution in [3.05, 3.63) is 89.5 Å². The van der Waals surface area contributed by atoms with Crippen LogP contribution in [0.1, 0.15) is 16.7 Å². The number of phenols is 1. The van der Waals surface area contributed by atoms with Crippen LogP contribution in [0.3, 0.4) is 0 Å². The van der Waals surface area contributed by atoms with Crippen LogP contribution >= 0.6 is 0 Å². The van der Waals surface area contributed by atoms with Gasteiger partial charge in [-0.25, -0.2) is 0 Å². The molecule has 0 aromatic heterocycles. The molecular formula is C23H17F3O. The Morgan fingerprint density at radius 2 is 1.37 bits per heavy atom. The van der Waals surface area contributed by atoms with Crippen molar-refractivity contribution in [2.24, 2.45) is 0 Å². The van der Waals surface area contributed by atoms with Gasteiger partial charge in [0.05, 0.1) is 5.56 Å². The molecule has 0 atom stereocenters. The van der Waals surface area contributed by atoms with Crippen molar-refractivity contribution in [1.29, 1.82) is 0 Å². The average molecular weight is 366 g/mol. The van der Waals surface area contributed by atoms with Gasteiger partial charge in [-0.15, -0.1) is 0 Å². The quantitative estimate of drug-likeness (QED) is 0.410. The van der Waals surface area contributed by atoms with E-state index in [0.29, 0.717) is 6.42 Å². The van der Waals surface area contributed by atoms with Gasteiger partial charge in [0.25, 0.3) is 0 Å². The first-order valence-electron chi connectivity index (χ1n) is 8.71. The van der Waals surface area contributed by atoms with E-state index >= 15 is 0 Å². The van der Waals surface area contributed by atoms with Gasteiger partial charge in [0, 0.05) is 5.39 Å². The SMILES string of the molecule is Oc1cccc2cc3ccc(CCc4ccc(C(F)(F)F)cc4)cc3cc12. The highest BCUT2D eigenvalue weighted by Gasteiger charge is 2.29. The van der Waals surface area contributed by atoms with E-state index in [0.717, 1.165) is 51.2 Å². The number of hydrogen-bond donors (Lipinski definition) is 1. The molecule has 0 bridgehead atoms. The molecule has 4 rings (SSSR count). The molecule has 0 fully saturated rings. The molecule has 1 nitrogen and oxygen atoms in total. The molecule has 0 heterocycles. The lowest BCUT2D eigenvalue weighted by atomic mass is 9.98. The Morgan fingerprint density at radius 3 is 2.11 bits per heavy atom. The molecule has 0 spiro atoms. The molecule has 0 saturated heterocycles. The monoisotopic (exact) mass is 366 g/mol. The maximum Gasteiger partial charge on any atom is 0.416 e. The molecule has 4 heteroatoms. The lowest BCUT2D eigenvalue weighted by molar-refractivity contribution is -0.137. The Hall–Kier alpha value is -3.01. The Morgan fingerprint density at radius 1 is 0.667 bits per heavy atom. The highest BCUT2D eigenvalue weighted by atomic mass is 19.4. The second-order valence-electron chi connectivity index (χ2n) is 6.73. The first-order chi connectivity index (χ1) is 12.9. The van der Waals surface area contributed by atoms with Crippen LogP contribution < -0.4 is 0 Å². The van der Waals surface area contributed by atoms with Gasteiger partial charge in [0.15, 0.2) is 0 Å². The summed E-state index contributed by atoms with van der Waals surface area (Å²) in [5.74, 6) is 0.254. The minimum absolute atomic E-state index is 0.254. The smallest absolute Gasteiger partial charge is 0.416 e. The largest absolute Gasteiger partial charge is 0.507 e. The molecule has 0 unspecified atom stereocenters. The Bertz CT molecular complexity index is 1110. The number of hydrogen-bond acceptors (Lipinski definition) is 1. The van der Waals surface area contributed by atoms with Crippen molar-refractivity contribution in [1.82, 2.24) is 0 Å². The third-order valence-corrected chi connectivity index (χ3v) is 4.86. The summed E-state index contributed by atoms with van der Waals surface area (Å²) in [6, 6.07) is 21.0. The normalized spacial score (nSPS) is 12.0. The number of halogens is 3. The standard InChI is InChI=1S/C23H17F3O/c24-23(25,26)20-10-7-15(8-11-20)4-5-16-6-9-17-13-18-2-1-3-22(27)21(18)14-19(17)12-16/h1-3,6-14,27H,4-5H2. The topological polar surface area (TPSA) is 20.2 Å². The van der Waals surface area contributed by atoms with E-state index in [2.05, 4.69) is 6.07 Å². The first-order valence-corrected chi connectivity index (χ1v) is 8.71. The minimum Gasteiger partial charge on any atom is -0.507 e. The predicted molar refractivity (Wildman–Crippen MR) is 102 cm³/mol. The Balaban J connectivity index is 1.57. The summed E-state index contributed by atoms with van der Waals surface area (Å²) in [4.78, 5) is 0. The summed E-state index contributed by atoms with van der Waals surface area (Å²) in [7, 11) is 0. The van der Waals surface area contributed by atoms with E-state index in [4.69, 9.17) is 0 Å². The summed E-state index contributed by atoms with van der Waals surface area (Å²) >= 11 is 0. The molecule has 4 aromatic rings. The van der Waals surface area contributed by atoms with E-state index in [1.807, 2.05) is 36.4 Å². The van der Waals surface area contributed by atoms with E-state index < -0.39 is 11.7 Å². The van der Waals surface area contributed by atoms with Gasteiger partial charge in [-0.2, -0.15) is 13.2 Å². The third kappa shape index (κ3) is 3.61. The molecule has 0 radical (unpaired) electrons. The molecule has 0 aliphatic heterocycles.